The monoisotopic (exact) mass is 316 g/mol. The maximum atomic E-state index is 12.5. The fourth-order valence-corrected chi connectivity index (χ4v) is 2.32. The van der Waals surface area contributed by atoms with Crippen molar-refractivity contribution in [1.82, 2.24) is 0 Å². The molecule has 0 heterocycles. The first kappa shape index (κ1) is 15.5. The van der Waals surface area contributed by atoms with Gasteiger partial charge in [-0.2, -0.15) is 0 Å². The zero-order valence-corrected chi connectivity index (χ0v) is 12.9. The summed E-state index contributed by atoms with van der Waals surface area (Å²) in [4.78, 5) is 25.0. The summed E-state index contributed by atoms with van der Waals surface area (Å²) < 4.78 is 0. The molecule has 0 bridgehead atoms. The second-order valence-electron chi connectivity index (χ2n) is 5.19. The molecule has 0 aliphatic rings. The van der Waals surface area contributed by atoms with Gasteiger partial charge in [0.25, 0.3) is 11.8 Å². The summed E-state index contributed by atoms with van der Waals surface area (Å²) in [7, 11) is 0. The van der Waals surface area contributed by atoms with E-state index in [9.17, 15) is 9.59 Å². The van der Waals surface area contributed by atoms with Crippen molar-refractivity contribution < 1.29 is 9.59 Å². The Morgan fingerprint density at radius 3 is 1.21 bits per heavy atom. The van der Waals surface area contributed by atoms with Crippen LogP contribution in [0.3, 0.4) is 0 Å². The summed E-state index contributed by atoms with van der Waals surface area (Å²) >= 11 is 0. The van der Waals surface area contributed by atoms with Crippen LogP contribution in [0, 0.1) is 0 Å². The fraction of sp³-hybridized carbons (Fsp3) is 0. The lowest BCUT2D eigenvalue weighted by Crippen LogP contribution is -2.20. The zero-order valence-electron chi connectivity index (χ0n) is 12.9. The predicted molar refractivity (Wildman–Crippen MR) is 95.2 cm³/mol. The maximum Gasteiger partial charge on any atom is 0.256 e. The predicted octanol–water partition coefficient (Wildman–Crippen LogP) is 4.19. The standard InChI is InChI=1S/C20H16N2O2/c23-19(21-15-9-3-1-4-10-15)17-13-7-8-14-18(17)20(24)22-16-11-5-2-6-12-16/h1-14H,(H,21,23)(H,22,24). The fourth-order valence-electron chi connectivity index (χ4n) is 2.32. The van der Waals surface area contributed by atoms with Gasteiger partial charge in [0.15, 0.2) is 0 Å². The molecule has 0 atom stereocenters. The van der Waals surface area contributed by atoms with E-state index in [2.05, 4.69) is 10.6 Å². The minimum Gasteiger partial charge on any atom is -0.322 e. The number of rotatable bonds is 4. The van der Waals surface area contributed by atoms with Crippen molar-refractivity contribution in [2.45, 2.75) is 0 Å². The van der Waals surface area contributed by atoms with Crippen LogP contribution in [0.5, 0.6) is 0 Å². The third-order valence-electron chi connectivity index (χ3n) is 3.48. The van der Waals surface area contributed by atoms with Crippen molar-refractivity contribution in [3.8, 4) is 0 Å². The van der Waals surface area contributed by atoms with E-state index >= 15 is 0 Å². The van der Waals surface area contributed by atoms with Crippen LogP contribution in [-0.4, -0.2) is 11.8 Å². The lowest BCUT2D eigenvalue weighted by molar-refractivity contribution is 0.0990. The Kier molecular flexibility index (Phi) is 4.68. The lowest BCUT2D eigenvalue weighted by atomic mass is 10.1. The molecule has 4 nitrogen and oxygen atoms in total. The third-order valence-corrected chi connectivity index (χ3v) is 3.48. The van der Waals surface area contributed by atoms with Crippen LogP contribution in [0.1, 0.15) is 20.7 Å². The van der Waals surface area contributed by atoms with Gasteiger partial charge in [-0.15, -0.1) is 0 Å². The number of hydrogen-bond acceptors (Lipinski definition) is 2. The van der Waals surface area contributed by atoms with E-state index < -0.39 is 0 Å². The highest BCUT2D eigenvalue weighted by molar-refractivity contribution is 6.15. The molecule has 0 aromatic heterocycles. The Morgan fingerprint density at radius 2 is 0.833 bits per heavy atom. The zero-order chi connectivity index (χ0) is 16.8. The molecule has 3 aromatic carbocycles. The van der Waals surface area contributed by atoms with Crippen molar-refractivity contribution in [1.29, 1.82) is 0 Å². The van der Waals surface area contributed by atoms with Crippen molar-refractivity contribution in [2.75, 3.05) is 10.6 Å². The molecular formula is C20H16N2O2. The summed E-state index contributed by atoms with van der Waals surface area (Å²) in [5.41, 5.74) is 2.02. The number of carbonyl (C=O) groups excluding carboxylic acids is 2. The number of anilines is 2. The third kappa shape index (κ3) is 3.67. The van der Waals surface area contributed by atoms with E-state index in [4.69, 9.17) is 0 Å². The van der Waals surface area contributed by atoms with Crippen LogP contribution in [0.2, 0.25) is 0 Å². The van der Waals surface area contributed by atoms with E-state index in [0.717, 1.165) is 0 Å². The van der Waals surface area contributed by atoms with Crippen LogP contribution < -0.4 is 10.6 Å². The molecule has 3 rings (SSSR count). The van der Waals surface area contributed by atoms with Crippen LogP contribution in [-0.2, 0) is 0 Å². The topological polar surface area (TPSA) is 58.2 Å². The largest absolute Gasteiger partial charge is 0.322 e. The molecule has 0 saturated heterocycles. The van der Waals surface area contributed by atoms with E-state index in [1.807, 2.05) is 36.4 Å². The number of carbonyl (C=O) groups is 2. The van der Waals surface area contributed by atoms with Crippen LogP contribution in [0.4, 0.5) is 11.4 Å². The van der Waals surface area contributed by atoms with Crippen molar-refractivity contribution in [3.05, 3.63) is 96.1 Å². The molecule has 3 aromatic rings. The van der Waals surface area contributed by atoms with Gasteiger partial charge in [0.1, 0.15) is 0 Å². The first-order valence-corrected chi connectivity index (χ1v) is 7.56. The highest BCUT2D eigenvalue weighted by Crippen LogP contribution is 2.15. The van der Waals surface area contributed by atoms with E-state index in [0.29, 0.717) is 22.5 Å². The summed E-state index contributed by atoms with van der Waals surface area (Å²) in [6.07, 6.45) is 0. The Hall–Kier alpha value is -3.40. The van der Waals surface area contributed by atoms with E-state index in [1.165, 1.54) is 0 Å². The maximum absolute atomic E-state index is 12.5. The van der Waals surface area contributed by atoms with Gasteiger partial charge in [0, 0.05) is 11.4 Å². The smallest absolute Gasteiger partial charge is 0.256 e. The first-order chi connectivity index (χ1) is 11.7. The number of benzene rings is 3. The molecule has 0 aliphatic heterocycles. The molecule has 118 valence electrons. The molecule has 4 heteroatoms. The van der Waals surface area contributed by atoms with Crippen molar-refractivity contribution in [2.24, 2.45) is 0 Å². The molecule has 0 radical (unpaired) electrons. The van der Waals surface area contributed by atoms with Gasteiger partial charge in [-0.05, 0) is 36.4 Å². The molecule has 2 N–H and O–H groups in total. The highest BCUT2D eigenvalue weighted by atomic mass is 16.2. The van der Waals surface area contributed by atoms with E-state index in [1.54, 1.807) is 48.5 Å². The van der Waals surface area contributed by atoms with Crippen molar-refractivity contribution >= 4 is 23.2 Å². The minimum atomic E-state index is -0.319. The quantitative estimate of drug-likeness (QED) is 0.758. The van der Waals surface area contributed by atoms with Gasteiger partial charge in [0.2, 0.25) is 0 Å². The van der Waals surface area contributed by atoms with Crippen molar-refractivity contribution in [3.63, 3.8) is 0 Å². The van der Waals surface area contributed by atoms with Gasteiger partial charge in [-0.1, -0.05) is 48.5 Å². The highest BCUT2D eigenvalue weighted by Gasteiger charge is 2.16. The Labute approximate surface area is 140 Å². The number of amides is 2. The van der Waals surface area contributed by atoms with Gasteiger partial charge in [0.05, 0.1) is 11.1 Å². The molecular weight excluding hydrogens is 300 g/mol. The Morgan fingerprint density at radius 1 is 0.500 bits per heavy atom. The van der Waals surface area contributed by atoms with Crippen LogP contribution in [0.25, 0.3) is 0 Å². The molecule has 0 aliphatic carbocycles. The summed E-state index contributed by atoms with van der Waals surface area (Å²) in [5, 5.41) is 5.60. The van der Waals surface area contributed by atoms with E-state index in [-0.39, 0.29) is 11.8 Å². The molecule has 0 fully saturated rings. The molecule has 0 spiro atoms. The number of para-hydroxylation sites is 2. The van der Waals surface area contributed by atoms with Gasteiger partial charge in [-0.3, -0.25) is 9.59 Å². The molecule has 0 saturated carbocycles. The average molecular weight is 316 g/mol. The number of hydrogen-bond donors (Lipinski definition) is 2. The Balaban J connectivity index is 1.82. The summed E-state index contributed by atoms with van der Waals surface area (Å²) in [5.74, 6) is -0.639. The van der Waals surface area contributed by atoms with Crippen LogP contribution in [0.15, 0.2) is 84.9 Å². The van der Waals surface area contributed by atoms with Gasteiger partial charge in [-0.25, -0.2) is 0 Å². The molecule has 24 heavy (non-hydrogen) atoms. The van der Waals surface area contributed by atoms with Gasteiger partial charge >= 0.3 is 0 Å². The van der Waals surface area contributed by atoms with Gasteiger partial charge < -0.3 is 10.6 Å². The summed E-state index contributed by atoms with van der Waals surface area (Å²) in [6, 6.07) is 25.0. The number of nitrogens with one attached hydrogen (secondary N) is 2. The summed E-state index contributed by atoms with van der Waals surface area (Å²) in [6.45, 7) is 0. The first-order valence-electron chi connectivity index (χ1n) is 7.56. The minimum absolute atomic E-state index is 0.319. The Bertz CT molecular complexity index is 773. The average Bonchev–Trinajstić information content (AvgIpc) is 2.63. The molecule has 0 unspecified atom stereocenters. The second-order valence-corrected chi connectivity index (χ2v) is 5.19. The lowest BCUT2D eigenvalue weighted by Gasteiger charge is -2.10. The van der Waals surface area contributed by atoms with Crippen LogP contribution >= 0.6 is 0 Å². The molecule has 2 amide bonds. The SMILES string of the molecule is O=C(Nc1ccccc1)c1ccccc1C(=O)Nc1ccccc1. The normalized spacial score (nSPS) is 10.0. The second kappa shape index (κ2) is 7.24.